The number of halogens is 1. The summed E-state index contributed by atoms with van der Waals surface area (Å²) in [6, 6.07) is 14.3. The van der Waals surface area contributed by atoms with E-state index in [1.54, 1.807) is 11.3 Å². The van der Waals surface area contributed by atoms with Gasteiger partial charge >= 0.3 is 0 Å². The molecule has 3 aromatic rings. The highest BCUT2D eigenvalue weighted by Crippen LogP contribution is 2.28. The molecule has 1 aromatic carbocycles. The van der Waals surface area contributed by atoms with E-state index in [4.69, 9.17) is 5.10 Å². The van der Waals surface area contributed by atoms with Crippen LogP contribution in [0.4, 0.5) is 0 Å². The van der Waals surface area contributed by atoms with Crippen LogP contribution < -0.4 is 5.32 Å². The number of aromatic nitrogens is 2. The number of nitrogens with one attached hydrogen (secondary N) is 1. The van der Waals surface area contributed by atoms with Gasteiger partial charge in [-0.1, -0.05) is 24.3 Å². The van der Waals surface area contributed by atoms with Crippen LogP contribution >= 0.6 is 28.3 Å². The summed E-state index contributed by atoms with van der Waals surface area (Å²) in [5.74, 6) is 0.945. The fourth-order valence-corrected chi connectivity index (χ4v) is 3.16. The third-order valence-corrected chi connectivity index (χ3v) is 4.30. The highest BCUT2D eigenvalue weighted by Gasteiger charge is 2.19. The fraction of sp³-hybridized carbons (Fsp3) is 0.125. The molecular weight excluding hydrogens is 360 g/mol. The molecule has 6 heteroatoms. The summed E-state index contributed by atoms with van der Waals surface area (Å²) in [6.45, 7) is 1.73. The minimum Gasteiger partial charge on any atom is -0.368 e. The van der Waals surface area contributed by atoms with Crippen LogP contribution in [-0.4, -0.2) is 28.7 Å². The van der Waals surface area contributed by atoms with Crippen molar-refractivity contribution in [2.24, 2.45) is 4.99 Å². The number of hydrogen-bond donors (Lipinski definition) is 1. The quantitative estimate of drug-likeness (QED) is 0.761. The molecule has 1 N–H and O–H groups in total. The van der Waals surface area contributed by atoms with Crippen LogP contribution in [0.3, 0.4) is 0 Å². The minimum atomic E-state index is 0. The molecule has 4 rings (SSSR count). The van der Waals surface area contributed by atoms with E-state index in [2.05, 4.69) is 46.2 Å². The highest BCUT2D eigenvalue weighted by molar-refractivity contribution is 8.93. The predicted octanol–water partition coefficient (Wildman–Crippen LogP) is 3.53. The van der Waals surface area contributed by atoms with Crippen molar-refractivity contribution < 1.29 is 0 Å². The van der Waals surface area contributed by atoms with Gasteiger partial charge in [-0.05, 0) is 23.6 Å². The van der Waals surface area contributed by atoms with Gasteiger partial charge in [0, 0.05) is 12.7 Å². The molecule has 1 aliphatic heterocycles. The molecule has 0 saturated carbocycles. The molecule has 22 heavy (non-hydrogen) atoms. The van der Waals surface area contributed by atoms with Gasteiger partial charge in [0.25, 0.3) is 0 Å². The van der Waals surface area contributed by atoms with Gasteiger partial charge in [0.2, 0.25) is 0 Å². The highest BCUT2D eigenvalue weighted by atomic mass is 79.9. The minimum absolute atomic E-state index is 0. The Labute approximate surface area is 143 Å². The van der Waals surface area contributed by atoms with E-state index in [1.165, 1.54) is 0 Å². The normalized spacial score (nSPS) is 13.4. The summed E-state index contributed by atoms with van der Waals surface area (Å²) in [5, 5.41) is 10.2. The number of aliphatic imine (C=N–C) groups is 1. The summed E-state index contributed by atoms with van der Waals surface area (Å²) < 4.78 is 1.92. The van der Waals surface area contributed by atoms with E-state index in [1.807, 2.05) is 22.9 Å². The molecule has 2 aromatic heterocycles. The van der Waals surface area contributed by atoms with Crippen LogP contribution in [0.15, 0.2) is 59.0 Å². The van der Waals surface area contributed by atoms with Crippen LogP contribution in [-0.2, 0) is 0 Å². The monoisotopic (exact) mass is 374 g/mol. The molecule has 4 nitrogen and oxygen atoms in total. The van der Waals surface area contributed by atoms with Crippen LogP contribution in [0.25, 0.3) is 16.3 Å². The number of hydrogen-bond acceptors (Lipinski definition) is 4. The first-order valence-electron chi connectivity index (χ1n) is 6.89. The fourth-order valence-electron chi connectivity index (χ4n) is 2.43. The van der Waals surface area contributed by atoms with Crippen LogP contribution in [0.5, 0.6) is 0 Å². The number of nitrogens with zero attached hydrogens (tertiary/aromatic N) is 3. The van der Waals surface area contributed by atoms with Gasteiger partial charge in [-0.2, -0.15) is 5.10 Å². The number of benzene rings is 1. The molecule has 3 heterocycles. The van der Waals surface area contributed by atoms with Crippen molar-refractivity contribution in [1.82, 2.24) is 15.1 Å². The van der Waals surface area contributed by atoms with Crippen LogP contribution in [0.2, 0.25) is 0 Å². The van der Waals surface area contributed by atoms with Crippen molar-refractivity contribution in [1.29, 1.82) is 0 Å². The van der Waals surface area contributed by atoms with Gasteiger partial charge in [0.15, 0.2) is 0 Å². The van der Waals surface area contributed by atoms with Gasteiger partial charge < -0.3 is 5.32 Å². The van der Waals surface area contributed by atoms with Crippen molar-refractivity contribution >= 4 is 34.2 Å². The van der Waals surface area contributed by atoms with Crippen LogP contribution in [0.1, 0.15) is 5.56 Å². The first-order valence-corrected chi connectivity index (χ1v) is 7.77. The van der Waals surface area contributed by atoms with Gasteiger partial charge in [-0.15, -0.1) is 28.3 Å². The first kappa shape index (κ1) is 15.0. The Bertz CT molecular complexity index is 778. The lowest BCUT2D eigenvalue weighted by molar-refractivity contribution is 0.885. The second-order valence-corrected chi connectivity index (χ2v) is 5.75. The molecule has 1 aliphatic rings. The second kappa shape index (κ2) is 6.46. The summed E-state index contributed by atoms with van der Waals surface area (Å²) >= 11 is 1.70. The van der Waals surface area contributed by atoms with E-state index in [-0.39, 0.29) is 17.0 Å². The zero-order valence-electron chi connectivity index (χ0n) is 11.8. The molecule has 0 radical (unpaired) electrons. The maximum atomic E-state index is 4.77. The first-order chi connectivity index (χ1) is 10.4. The van der Waals surface area contributed by atoms with Crippen LogP contribution in [0, 0.1) is 0 Å². The zero-order valence-corrected chi connectivity index (χ0v) is 14.3. The number of para-hydroxylation sites is 1. The molecular formula is C16H15BrN4S. The molecule has 0 spiro atoms. The lowest BCUT2D eigenvalue weighted by atomic mass is 10.2. The van der Waals surface area contributed by atoms with Gasteiger partial charge in [-0.25, -0.2) is 4.68 Å². The standard InChI is InChI=1S/C16H14N4S.BrH/c1-2-5-12(6-3-1)20-11-13(16-17-8-9-18-16)15(19-20)14-7-4-10-21-14;/h1-7,10-11H,8-9H2,(H,17,18);1H. The van der Waals surface area contributed by atoms with Crippen molar-refractivity contribution in [2.75, 3.05) is 13.1 Å². The maximum Gasteiger partial charge on any atom is 0.132 e. The molecule has 0 bridgehead atoms. The Hall–Kier alpha value is -1.92. The summed E-state index contributed by atoms with van der Waals surface area (Å²) in [4.78, 5) is 5.70. The average molecular weight is 375 g/mol. The molecule has 0 unspecified atom stereocenters. The molecule has 0 atom stereocenters. The third kappa shape index (κ3) is 2.71. The smallest absolute Gasteiger partial charge is 0.132 e. The zero-order chi connectivity index (χ0) is 14.1. The predicted molar refractivity (Wildman–Crippen MR) is 96.6 cm³/mol. The average Bonchev–Trinajstić information content (AvgIpc) is 3.27. The largest absolute Gasteiger partial charge is 0.368 e. The second-order valence-electron chi connectivity index (χ2n) is 4.81. The maximum absolute atomic E-state index is 4.77. The Balaban J connectivity index is 0.00000144. The topological polar surface area (TPSA) is 42.2 Å². The number of thiophene rings is 1. The third-order valence-electron chi connectivity index (χ3n) is 3.42. The lowest BCUT2D eigenvalue weighted by Crippen LogP contribution is -2.19. The van der Waals surface area contributed by atoms with E-state index in [0.29, 0.717) is 0 Å². The summed E-state index contributed by atoms with van der Waals surface area (Å²) in [6.07, 6.45) is 2.06. The lowest BCUT2D eigenvalue weighted by Gasteiger charge is -2.00. The summed E-state index contributed by atoms with van der Waals surface area (Å²) in [7, 11) is 0. The van der Waals surface area contributed by atoms with Crippen molar-refractivity contribution in [3.63, 3.8) is 0 Å². The Morgan fingerprint density at radius 1 is 1.09 bits per heavy atom. The summed E-state index contributed by atoms with van der Waals surface area (Å²) in [5.41, 5.74) is 3.11. The van der Waals surface area contributed by atoms with E-state index in [9.17, 15) is 0 Å². The van der Waals surface area contributed by atoms with E-state index in [0.717, 1.165) is 40.7 Å². The van der Waals surface area contributed by atoms with E-state index < -0.39 is 0 Å². The molecule has 0 aliphatic carbocycles. The Morgan fingerprint density at radius 2 is 1.95 bits per heavy atom. The molecule has 112 valence electrons. The number of amidine groups is 1. The van der Waals surface area contributed by atoms with Crippen molar-refractivity contribution in [3.8, 4) is 16.3 Å². The van der Waals surface area contributed by atoms with E-state index >= 15 is 0 Å². The number of rotatable bonds is 3. The molecule has 0 amide bonds. The molecule has 0 saturated heterocycles. The van der Waals surface area contributed by atoms with Gasteiger partial charge in [-0.3, -0.25) is 4.99 Å². The van der Waals surface area contributed by atoms with Gasteiger partial charge in [0.05, 0.1) is 22.7 Å². The van der Waals surface area contributed by atoms with Crippen molar-refractivity contribution in [3.05, 3.63) is 59.6 Å². The molecule has 0 fully saturated rings. The Morgan fingerprint density at radius 3 is 2.64 bits per heavy atom. The van der Waals surface area contributed by atoms with Gasteiger partial charge in [0.1, 0.15) is 11.5 Å². The van der Waals surface area contributed by atoms with Crippen molar-refractivity contribution in [2.45, 2.75) is 0 Å². The SMILES string of the molecule is Br.c1ccc(-n2cc(C3=NCCN3)c(-c3cccs3)n2)cc1. The Kier molecular flexibility index (Phi) is 4.40.